The van der Waals surface area contributed by atoms with Gasteiger partial charge in [0.15, 0.2) is 0 Å². The first-order chi connectivity index (χ1) is 28.0. The average molecular weight is 745 g/mol. The second-order valence-corrected chi connectivity index (χ2v) is 20.1. The quantitative estimate of drug-likeness (QED) is 0.154. The van der Waals surface area contributed by atoms with Crippen LogP contribution in [-0.2, 0) is 0 Å². The first kappa shape index (κ1) is 33.4. The largest absolute Gasteiger partial charge is 0.311 e. The summed E-state index contributed by atoms with van der Waals surface area (Å²) in [5, 5.41) is 8.09. The van der Waals surface area contributed by atoms with E-state index in [1.54, 1.807) is 0 Å². The van der Waals surface area contributed by atoms with Gasteiger partial charge in [0, 0.05) is 33.5 Å². The van der Waals surface area contributed by atoms with Gasteiger partial charge in [0.25, 0.3) is 0 Å². The number of hydrogen-bond acceptors (Lipinski definition) is 1. The van der Waals surface area contributed by atoms with E-state index < -0.39 is 8.07 Å². The van der Waals surface area contributed by atoms with Crippen molar-refractivity contribution in [2.75, 3.05) is 4.90 Å². The fraction of sp³-hybridized carbons (Fsp3) is 0.0370. The Morgan fingerprint density at radius 2 is 0.895 bits per heavy atom. The number of aromatic nitrogens is 1. The maximum Gasteiger partial charge on any atom is 0.114 e. The molecule has 0 amide bonds. The Morgan fingerprint density at radius 3 is 1.54 bits per heavy atom. The third kappa shape index (κ3) is 5.31. The zero-order chi connectivity index (χ0) is 38.1. The summed E-state index contributed by atoms with van der Waals surface area (Å²) in [6.45, 7) is 5.04. The molecular weight excluding hydrogens is 705 g/mol. The minimum atomic E-state index is -2.09. The summed E-state index contributed by atoms with van der Waals surface area (Å²) in [7, 11) is -2.09. The zero-order valence-corrected chi connectivity index (χ0v) is 33.0. The van der Waals surface area contributed by atoms with Crippen LogP contribution in [0.25, 0.3) is 71.6 Å². The molecule has 0 fully saturated rings. The van der Waals surface area contributed by atoms with Gasteiger partial charge in [-0.05, 0) is 115 Å². The number of rotatable bonds is 6. The van der Waals surface area contributed by atoms with Gasteiger partial charge < -0.3 is 9.47 Å². The van der Waals surface area contributed by atoms with Crippen molar-refractivity contribution < 1.29 is 0 Å². The second-order valence-electron chi connectivity index (χ2n) is 15.7. The van der Waals surface area contributed by atoms with Crippen molar-refractivity contribution in [3.63, 3.8) is 0 Å². The van der Waals surface area contributed by atoms with Gasteiger partial charge in [0.05, 0.1) is 11.0 Å². The fourth-order valence-electron chi connectivity index (χ4n) is 9.45. The summed E-state index contributed by atoms with van der Waals surface area (Å²) >= 11 is 0. The van der Waals surface area contributed by atoms with Gasteiger partial charge in [0.2, 0.25) is 0 Å². The minimum Gasteiger partial charge on any atom is -0.311 e. The van der Waals surface area contributed by atoms with Crippen molar-refractivity contribution in [2.45, 2.75) is 13.1 Å². The summed E-state index contributed by atoms with van der Waals surface area (Å²) in [5.74, 6) is 0. The van der Waals surface area contributed by atoms with Crippen LogP contribution in [0.3, 0.4) is 0 Å². The van der Waals surface area contributed by atoms with Gasteiger partial charge in [-0.15, -0.1) is 0 Å². The van der Waals surface area contributed by atoms with Crippen LogP contribution >= 0.6 is 0 Å². The Balaban J connectivity index is 1.000. The summed E-state index contributed by atoms with van der Waals surface area (Å²) < 4.78 is 2.45. The standard InChI is InChI=1S/C54H40N2Si/c1-57(2)52-35-42(31-33-48(52)49-34-32-43(36-53(49)57)56-50-25-11-9-21-46(50)47-22-10-12-26-51(47)56)55(40-19-7-4-8-20-40)41-29-27-38(28-30-41)45-24-14-18-39-17-13-23-44(54(39)45)37-15-5-3-6-16-37/h3-36H,1-2H3. The van der Waals surface area contributed by atoms with Crippen LogP contribution in [0.15, 0.2) is 206 Å². The molecular formula is C54H40N2Si. The van der Waals surface area contributed by atoms with E-state index in [-0.39, 0.29) is 0 Å². The molecule has 2 heterocycles. The highest BCUT2D eigenvalue weighted by molar-refractivity contribution is 7.03. The molecule has 270 valence electrons. The molecule has 0 spiro atoms. The molecule has 9 aromatic carbocycles. The summed E-state index contributed by atoms with van der Waals surface area (Å²) in [5.41, 5.74) is 14.9. The number of hydrogen-bond donors (Lipinski definition) is 0. The molecule has 57 heavy (non-hydrogen) atoms. The van der Waals surface area contributed by atoms with Gasteiger partial charge in [-0.1, -0.05) is 159 Å². The molecule has 0 bridgehead atoms. The van der Waals surface area contributed by atoms with Crippen molar-refractivity contribution in [1.82, 2.24) is 4.57 Å². The predicted octanol–water partition coefficient (Wildman–Crippen LogP) is 13.5. The Morgan fingerprint density at radius 1 is 0.386 bits per heavy atom. The van der Waals surface area contributed by atoms with Crippen molar-refractivity contribution in [3.8, 4) is 39.1 Å². The highest BCUT2D eigenvalue weighted by Crippen LogP contribution is 2.41. The smallest absolute Gasteiger partial charge is 0.114 e. The minimum absolute atomic E-state index is 1.14. The Hall–Kier alpha value is -6.94. The van der Waals surface area contributed by atoms with Gasteiger partial charge >= 0.3 is 0 Å². The monoisotopic (exact) mass is 744 g/mol. The van der Waals surface area contributed by atoms with Crippen LogP contribution in [0.1, 0.15) is 0 Å². The third-order valence-electron chi connectivity index (χ3n) is 12.2. The van der Waals surface area contributed by atoms with Crippen LogP contribution in [0, 0.1) is 0 Å². The number of anilines is 3. The molecule has 0 saturated heterocycles. The van der Waals surface area contributed by atoms with Crippen molar-refractivity contribution in [3.05, 3.63) is 206 Å². The van der Waals surface area contributed by atoms with E-state index in [9.17, 15) is 0 Å². The first-order valence-electron chi connectivity index (χ1n) is 19.9. The Labute approximate surface area is 334 Å². The van der Waals surface area contributed by atoms with Crippen LogP contribution in [0.5, 0.6) is 0 Å². The lowest BCUT2D eigenvalue weighted by molar-refractivity contribution is 1.18. The molecule has 1 aliphatic heterocycles. The van der Waals surface area contributed by atoms with Gasteiger partial charge in [-0.2, -0.15) is 0 Å². The molecule has 0 N–H and O–H groups in total. The van der Waals surface area contributed by atoms with E-state index in [0.29, 0.717) is 0 Å². The zero-order valence-electron chi connectivity index (χ0n) is 32.0. The Bertz CT molecular complexity index is 3080. The molecule has 0 radical (unpaired) electrons. The maximum absolute atomic E-state index is 2.52. The van der Waals surface area contributed by atoms with Crippen molar-refractivity contribution in [1.29, 1.82) is 0 Å². The molecule has 0 unspecified atom stereocenters. The molecule has 3 heteroatoms. The molecule has 1 aromatic heterocycles. The summed E-state index contributed by atoms with van der Waals surface area (Å²) in [4.78, 5) is 2.42. The second kappa shape index (κ2) is 13.1. The summed E-state index contributed by atoms with van der Waals surface area (Å²) in [6.07, 6.45) is 0. The molecule has 2 nitrogen and oxygen atoms in total. The number of benzene rings is 9. The van der Waals surface area contributed by atoms with Gasteiger partial charge in [-0.25, -0.2) is 0 Å². The van der Waals surface area contributed by atoms with Crippen LogP contribution in [0.4, 0.5) is 17.1 Å². The normalized spacial score (nSPS) is 12.9. The highest BCUT2D eigenvalue weighted by Gasteiger charge is 2.38. The molecule has 1 aliphatic rings. The fourth-order valence-corrected chi connectivity index (χ4v) is 12.5. The lowest BCUT2D eigenvalue weighted by Crippen LogP contribution is -2.49. The number of fused-ring (bicyclic) bond motifs is 7. The van der Waals surface area contributed by atoms with Crippen LogP contribution < -0.4 is 15.3 Å². The molecule has 10 aromatic rings. The van der Waals surface area contributed by atoms with Gasteiger partial charge in [0.1, 0.15) is 8.07 Å². The molecule has 0 atom stereocenters. The SMILES string of the molecule is C[Si]1(C)c2cc(N(c3ccccc3)c3ccc(-c4cccc5cccc(-c6ccccc6)c45)cc3)ccc2-c2ccc(-n3c4ccccc4c4ccccc43)cc21. The molecule has 0 aliphatic carbocycles. The van der Waals surface area contributed by atoms with E-state index in [1.165, 1.54) is 87.7 Å². The van der Waals surface area contributed by atoms with E-state index in [4.69, 9.17) is 0 Å². The lowest BCUT2D eigenvalue weighted by atomic mass is 9.91. The lowest BCUT2D eigenvalue weighted by Gasteiger charge is -2.28. The van der Waals surface area contributed by atoms with Crippen molar-refractivity contribution in [2.24, 2.45) is 0 Å². The van der Waals surface area contributed by atoms with Crippen LogP contribution in [0.2, 0.25) is 13.1 Å². The predicted molar refractivity (Wildman–Crippen MR) is 246 cm³/mol. The third-order valence-corrected chi connectivity index (χ3v) is 15.7. The number of para-hydroxylation sites is 3. The number of nitrogens with zero attached hydrogens (tertiary/aromatic N) is 2. The van der Waals surface area contributed by atoms with Gasteiger partial charge in [-0.3, -0.25) is 0 Å². The highest BCUT2D eigenvalue weighted by atomic mass is 28.3. The first-order valence-corrected chi connectivity index (χ1v) is 22.9. The van der Waals surface area contributed by atoms with E-state index >= 15 is 0 Å². The summed E-state index contributed by atoms with van der Waals surface area (Å²) in [6, 6.07) is 75.9. The average Bonchev–Trinajstić information content (AvgIpc) is 3.72. The topological polar surface area (TPSA) is 8.17 Å². The van der Waals surface area contributed by atoms with E-state index in [0.717, 1.165) is 11.4 Å². The van der Waals surface area contributed by atoms with E-state index in [2.05, 4.69) is 229 Å². The molecule has 11 rings (SSSR count). The van der Waals surface area contributed by atoms with Crippen LogP contribution in [-0.4, -0.2) is 12.6 Å². The maximum atomic E-state index is 2.52. The molecule has 0 saturated carbocycles. The van der Waals surface area contributed by atoms with Crippen molar-refractivity contribution >= 4 is 68.1 Å². The van der Waals surface area contributed by atoms with E-state index in [1.807, 2.05) is 0 Å². The Kier molecular flexibility index (Phi) is 7.67.